The van der Waals surface area contributed by atoms with Crippen LogP contribution in [0.2, 0.25) is 0 Å². The fourth-order valence-electron chi connectivity index (χ4n) is 4.30. The molecule has 0 aliphatic carbocycles. The van der Waals surface area contributed by atoms with Crippen LogP contribution in [0.1, 0.15) is 25.1 Å². The van der Waals surface area contributed by atoms with Gasteiger partial charge in [0.15, 0.2) is 17.3 Å². The minimum atomic E-state index is -0.422. The number of ether oxygens (including phenoxy) is 2. The molecule has 2 aliphatic heterocycles. The number of hydrazone groups is 1. The summed E-state index contributed by atoms with van der Waals surface area (Å²) in [6.07, 6.45) is 1.77. The summed E-state index contributed by atoms with van der Waals surface area (Å²) >= 11 is 1.35. The Morgan fingerprint density at radius 3 is 2.58 bits per heavy atom. The van der Waals surface area contributed by atoms with Crippen LogP contribution in [0.25, 0.3) is 17.0 Å². The number of nitrogens with one attached hydrogen (secondary N) is 1. The molecule has 0 atom stereocenters. The molecule has 3 aromatic rings. The average molecular weight is 502 g/mol. The van der Waals surface area contributed by atoms with Gasteiger partial charge in [-0.1, -0.05) is 44.2 Å². The van der Waals surface area contributed by atoms with Crippen LogP contribution in [0.15, 0.2) is 64.2 Å². The van der Waals surface area contributed by atoms with Crippen molar-refractivity contribution in [1.29, 1.82) is 5.41 Å². The van der Waals surface area contributed by atoms with Crippen molar-refractivity contribution in [3.05, 3.63) is 65.4 Å². The Labute approximate surface area is 213 Å². The van der Waals surface area contributed by atoms with Gasteiger partial charge in [-0.15, -0.1) is 0 Å². The number of amidine groups is 2. The second-order valence-corrected chi connectivity index (χ2v) is 9.77. The van der Waals surface area contributed by atoms with E-state index in [1.54, 1.807) is 13.2 Å². The molecule has 1 aromatic heterocycles. The number of benzene rings is 2. The van der Waals surface area contributed by atoms with E-state index in [2.05, 4.69) is 14.7 Å². The van der Waals surface area contributed by atoms with Crippen LogP contribution in [0.3, 0.4) is 0 Å². The van der Waals surface area contributed by atoms with Crippen LogP contribution in [0, 0.1) is 18.3 Å². The minimum Gasteiger partial charge on any atom is -0.493 e. The molecule has 1 N–H and O–H groups in total. The lowest BCUT2D eigenvalue weighted by molar-refractivity contribution is -0.114. The molecule has 184 valence electrons. The summed E-state index contributed by atoms with van der Waals surface area (Å²) in [4.78, 5) is 17.2. The van der Waals surface area contributed by atoms with E-state index in [1.807, 2.05) is 69.3 Å². The summed E-state index contributed by atoms with van der Waals surface area (Å²) in [5.41, 5.74) is 3.12. The number of hydrogen-bond donors (Lipinski definition) is 1. The summed E-state index contributed by atoms with van der Waals surface area (Å²) < 4.78 is 13.6. The second-order valence-electron chi connectivity index (χ2n) is 8.78. The summed E-state index contributed by atoms with van der Waals surface area (Å²) in [6, 6.07) is 15.6. The van der Waals surface area contributed by atoms with E-state index in [9.17, 15) is 4.79 Å². The highest BCUT2D eigenvalue weighted by atomic mass is 32.2. The number of aliphatic imine (C=N–C) groups is 1. The topological polar surface area (TPSA) is 92.3 Å². The molecule has 0 fully saturated rings. The van der Waals surface area contributed by atoms with E-state index >= 15 is 0 Å². The van der Waals surface area contributed by atoms with Gasteiger partial charge in [-0.05, 0) is 43.0 Å². The number of rotatable bonds is 7. The maximum Gasteiger partial charge on any atom is 0.283 e. The number of carbonyl (C=O) groups excluding carboxylic acids is 1. The van der Waals surface area contributed by atoms with Gasteiger partial charge < -0.3 is 14.0 Å². The Hall–Kier alpha value is -3.85. The standard InChI is InChI=1S/C27H27N5O3S/c1-16(2)26-30-32-24(28)20(25(33)29-27(32)36-26)15-19-17(3)31(21-10-6-5-9-18(19)21)13-14-35-23-12-8-7-11-22(23)34-4/h5-12,15-16,28H,13-14H2,1-4H3. The maximum atomic E-state index is 12.9. The fourth-order valence-corrected chi connectivity index (χ4v) is 5.19. The number of thioether (sulfide) groups is 1. The van der Waals surface area contributed by atoms with Crippen molar-refractivity contribution >= 4 is 50.7 Å². The Balaban J connectivity index is 1.47. The molecule has 0 radical (unpaired) electrons. The van der Waals surface area contributed by atoms with Gasteiger partial charge in [0.2, 0.25) is 5.17 Å². The lowest BCUT2D eigenvalue weighted by atomic mass is 10.1. The molecule has 0 bridgehead atoms. The molecular weight excluding hydrogens is 474 g/mol. The molecule has 2 aromatic carbocycles. The van der Waals surface area contributed by atoms with Crippen LogP contribution in [0.5, 0.6) is 11.5 Å². The smallest absolute Gasteiger partial charge is 0.283 e. The molecule has 1 amide bonds. The first-order valence-electron chi connectivity index (χ1n) is 11.7. The van der Waals surface area contributed by atoms with E-state index in [4.69, 9.17) is 14.9 Å². The molecule has 36 heavy (non-hydrogen) atoms. The third-order valence-corrected chi connectivity index (χ3v) is 7.38. The summed E-state index contributed by atoms with van der Waals surface area (Å²) in [5.74, 6) is 1.20. The molecule has 5 rings (SSSR count). The van der Waals surface area contributed by atoms with E-state index in [0.29, 0.717) is 29.8 Å². The second kappa shape index (κ2) is 9.66. The lowest BCUT2D eigenvalue weighted by Gasteiger charge is -2.20. The summed E-state index contributed by atoms with van der Waals surface area (Å²) in [6.45, 7) is 7.12. The number of aromatic nitrogens is 1. The normalized spacial score (nSPS) is 16.6. The van der Waals surface area contributed by atoms with Crippen molar-refractivity contribution in [2.45, 2.75) is 27.3 Å². The van der Waals surface area contributed by atoms with Crippen LogP contribution in [0.4, 0.5) is 0 Å². The minimum absolute atomic E-state index is 0.0453. The Kier molecular flexibility index (Phi) is 6.40. The zero-order valence-electron chi connectivity index (χ0n) is 20.6. The molecule has 0 saturated carbocycles. The maximum absolute atomic E-state index is 12.9. The molecule has 0 saturated heterocycles. The predicted octanol–water partition coefficient (Wildman–Crippen LogP) is 5.31. The predicted molar refractivity (Wildman–Crippen MR) is 145 cm³/mol. The van der Waals surface area contributed by atoms with Gasteiger partial charge in [0.1, 0.15) is 11.7 Å². The number of carbonyl (C=O) groups is 1. The van der Waals surface area contributed by atoms with E-state index in [1.165, 1.54) is 16.8 Å². The molecule has 8 nitrogen and oxygen atoms in total. The van der Waals surface area contributed by atoms with Gasteiger partial charge in [0, 0.05) is 28.1 Å². The number of para-hydroxylation sites is 3. The SMILES string of the molecule is COc1ccccc1OCCn1c(C)c(C=C2C(=N)N3N=C(C(C)C)SC3=NC2=O)c2ccccc21. The third-order valence-electron chi connectivity index (χ3n) is 6.17. The van der Waals surface area contributed by atoms with Crippen molar-refractivity contribution in [1.82, 2.24) is 9.58 Å². The molecule has 0 unspecified atom stereocenters. The number of amides is 1. The highest BCUT2D eigenvalue weighted by Gasteiger charge is 2.36. The first-order valence-corrected chi connectivity index (χ1v) is 12.5. The molecule has 3 heterocycles. The van der Waals surface area contributed by atoms with Crippen LogP contribution in [-0.2, 0) is 11.3 Å². The molecule has 2 aliphatic rings. The Morgan fingerprint density at radius 1 is 1.11 bits per heavy atom. The largest absolute Gasteiger partial charge is 0.493 e. The quantitative estimate of drug-likeness (QED) is 0.443. The molecular formula is C27H27N5O3S. The van der Waals surface area contributed by atoms with Crippen LogP contribution >= 0.6 is 11.8 Å². The first-order chi connectivity index (χ1) is 17.4. The molecule has 9 heteroatoms. The monoisotopic (exact) mass is 501 g/mol. The van der Waals surface area contributed by atoms with Crippen LogP contribution in [-0.4, -0.2) is 45.2 Å². The molecule has 0 spiro atoms. The van der Waals surface area contributed by atoms with Gasteiger partial charge in [0.25, 0.3) is 5.91 Å². The zero-order chi connectivity index (χ0) is 25.4. The van der Waals surface area contributed by atoms with E-state index < -0.39 is 5.91 Å². The van der Waals surface area contributed by atoms with Crippen molar-refractivity contribution in [2.24, 2.45) is 16.0 Å². The number of methoxy groups -OCH3 is 1. The number of fused-ring (bicyclic) bond motifs is 2. The Morgan fingerprint density at radius 2 is 1.83 bits per heavy atom. The summed E-state index contributed by atoms with van der Waals surface area (Å²) in [7, 11) is 1.62. The highest BCUT2D eigenvalue weighted by Crippen LogP contribution is 2.33. The van der Waals surface area contributed by atoms with Gasteiger partial charge in [0.05, 0.1) is 19.2 Å². The first kappa shape index (κ1) is 23.9. The van der Waals surface area contributed by atoms with Gasteiger partial charge in [-0.2, -0.15) is 15.1 Å². The Bertz CT molecular complexity index is 1470. The number of hydrogen-bond acceptors (Lipinski definition) is 6. The van der Waals surface area contributed by atoms with Crippen molar-refractivity contribution < 1.29 is 14.3 Å². The van der Waals surface area contributed by atoms with Crippen LogP contribution < -0.4 is 9.47 Å². The van der Waals surface area contributed by atoms with E-state index in [0.717, 1.165) is 27.2 Å². The van der Waals surface area contributed by atoms with Crippen molar-refractivity contribution in [2.75, 3.05) is 13.7 Å². The van der Waals surface area contributed by atoms with Gasteiger partial charge >= 0.3 is 0 Å². The zero-order valence-corrected chi connectivity index (χ0v) is 21.4. The lowest BCUT2D eigenvalue weighted by Crippen LogP contribution is -2.35. The van der Waals surface area contributed by atoms with Crippen molar-refractivity contribution in [3.63, 3.8) is 0 Å². The average Bonchev–Trinajstić information content (AvgIpc) is 3.42. The number of nitrogens with zero attached hydrogens (tertiary/aromatic N) is 4. The highest BCUT2D eigenvalue weighted by molar-refractivity contribution is 8.27. The fraction of sp³-hybridized carbons (Fsp3) is 0.259. The third kappa shape index (κ3) is 4.19. The van der Waals surface area contributed by atoms with E-state index in [-0.39, 0.29) is 17.3 Å². The van der Waals surface area contributed by atoms with Gasteiger partial charge in [-0.3, -0.25) is 10.2 Å². The van der Waals surface area contributed by atoms with Crippen molar-refractivity contribution in [3.8, 4) is 11.5 Å². The summed E-state index contributed by atoms with van der Waals surface area (Å²) in [5, 5.41) is 17.0. The van der Waals surface area contributed by atoms with Gasteiger partial charge in [-0.25, -0.2) is 0 Å².